The second-order valence-corrected chi connectivity index (χ2v) is 5.69. The van der Waals surface area contributed by atoms with Crippen molar-refractivity contribution in [3.8, 4) is 0 Å². The molecular formula is C15H31IN4O. The number of guanidine groups is 1. The van der Waals surface area contributed by atoms with Gasteiger partial charge in [0.2, 0.25) is 0 Å². The summed E-state index contributed by atoms with van der Waals surface area (Å²) in [6, 6.07) is 0.787. The van der Waals surface area contributed by atoms with Crippen molar-refractivity contribution in [2.45, 2.75) is 38.6 Å². The molecule has 0 atom stereocenters. The highest BCUT2D eigenvalue weighted by atomic mass is 127. The maximum absolute atomic E-state index is 5.20. The van der Waals surface area contributed by atoms with E-state index in [2.05, 4.69) is 22.0 Å². The highest BCUT2D eigenvalue weighted by Gasteiger charge is 2.28. The Kier molecular flexibility index (Phi) is 9.59. The van der Waals surface area contributed by atoms with E-state index >= 15 is 0 Å². The first-order valence-electron chi connectivity index (χ1n) is 8.11. The first kappa shape index (κ1) is 19.0. The lowest BCUT2D eigenvalue weighted by Crippen LogP contribution is -2.40. The third-order valence-corrected chi connectivity index (χ3v) is 4.04. The Morgan fingerprint density at radius 3 is 2.57 bits per heavy atom. The summed E-state index contributed by atoms with van der Waals surface area (Å²) in [4.78, 5) is 9.72. The molecular weight excluding hydrogens is 379 g/mol. The van der Waals surface area contributed by atoms with Crippen LogP contribution in [-0.2, 0) is 4.74 Å². The van der Waals surface area contributed by atoms with Gasteiger partial charge in [0, 0.05) is 45.9 Å². The maximum atomic E-state index is 5.20. The Hall–Kier alpha value is -0.0800. The fourth-order valence-electron chi connectivity index (χ4n) is 2.76. The molecule has 6 heteroatoms. The standard InChI is InChI=1S/C15H30N4O.HI/c1-3-16-15(19-9-4-5-10-19)17-8-11-18(12-13-20-2)14-6-7-14;/h14H,3-13H2,1-2H3,(H,16,17);1H. The highest BCUT2D eigenvalue weighted by Crippen LogP contribution is 2.26. The van der Waals surface area contributed by atoms with Crippen LogP contribution >= 0.6 is 24.0 Å². The van der Waals surface area contributed by atoms with Gasteiger partial charge in [-0.15, -0.1) is 24.0 Å². The van der Waals surface area contributed by atoms with Crippen LogP contribution in [0.1, 0.15) is 32.6 Å². The molecule has 0 spiro atoms. The molecule has 2 aliphatic rings. The zero-order chi connectivity index (χ0) is 14.2. The van der Waals surface area contributed by atoms with E-state index in [1.165, 1.54) is 25.7 Å². The summed E-state index contributed by atoms with van der Waals surface area (Å²) in [6.45, 7) is 9.20. The summed E-state index contributed by atoms with van der Waals surface area (Å²) in [7, 11) is 1.78. The molecule has 1 saturated carbocycles. The van der Waals surface area contributed by atoms with Crippen LogP contribution in [-0.4, -0.2) is 74.8 Å². The zero-order valence-electron chi connectivity index (χ0n) is 13.5. The van der Waals surface area contributed by atoms with Crippen LogP contribution in [0, 0.1) is 0 Å². The van der Waals surface area contributed by atoms with E-state index in [4.69, 9.17) is 9.73 Å². The second-order valence-electron chi connectivity index (χ2n) is 5.69. The minimum Gasteiger partial charge on any atom is -0.383 e. The van der Waals surface area contributed by atoms with Crippen LogP contribution in [0.2, 0.25) is 0 Å². The lowest BCUT2D eigenvalue weighted by Gasteiger charge is -2.23. The van der Waals surface area contributed by atoms with Crippen molar-refractivity contribution in [2.75, 3.05) is 53.0 Å². The van der Waals surface area contributed by atoms with E-state index in [1.807, 2.05) is 0 Å². The van der Waals surface area contributed by atoms with E-state index < -0.39 is 0 Å². The number of methoxy groups -OCH3 is 1. The van der Waals surface area contributed by atoms with Crippen molar-refractivity contribution in [2.24, 2.45) is 4.99 Å². The van der Waals surface area contributed by atoms with Gasteiger partial charge in [0.25, 0.3) is 0 Å². The zero-order valence-corrected chi connectivity index (χ0v) is 15.8. The smallest absolute Gasteiger partial charge is 0.193 e. The van der Waals surface area contributed by atoms with Gasteiger partial charge in [-0.25, -0.2) is 0 Å². The molecule has 2 fully saturated rings. The molecule has 0 aromatic rings. The second kappa shape index (κ2) is 10.6. The van der Waals surface area contributed by atoms with Gasteiger partial charge in [-0.2, -0.15) is 0 Å². The Labute approximate surface area is 146 Å². The molecule has 1 aliphatic carbocycles. The molecule has 124 valence electrons. The molecule has 0 radical (unpaired) electrons. The third kappa shape index (κ3) is 6.69. The van der Waals surface area contributed by atoms with Crippen molar-refractivity contribution in [3.63, 3.8) is 0 Å². The topological polar surface area (TPSA) is 40.1 Å². The van der Waals surface area contributed by atoms with E-state index in [0.717, 1.165) is 57.9 Å². The fourth-order valence-corrected chi connectivity index (χ4v) is 2.76. The van der Waals surface area contributed by atoms with Crippen molar-refractivity contribution < 1.29 is 4.74 Å². The van der Waals surface area contributed by atoms with Gasteiger partial charge in [0.15, 0.2) is 5.96 Å². The number of hydrogen-bond acceptors (Lipinski definition) is 3. The molecule has 0 bridgehead atoms. The van der Waals surface area contributed by atoms with E-state index in [-0.39, 0.29) is 24.0 Å². The van der Waals surface area contributed by atoms with Crippen molar-refractivity contribution in [1.82, 2.24) is 15.1 Å². The Morgan fingerprint density at radius 2 is 2.00 bits per heavy atom. The summed E-state index contributed by atoms with van der Waals surface area (Å²) >= 11 is 0. The Bertz CT molecular complexity index is 304. The molecule has 2 rings (SSSR count). The van der Waals surface area contributed by atoms with Crippen LogP contribution in [0.3, 0.4) is 0 Å². The SMILES string of the molecule is CCNC(=NCCN(CCOC)C1CC1)N1CCCC1.I. The Morgan fingerprint density at radius 1 is 1.29 bits per heavy atom. The average Bonchev–Trinajstić information content (AvgIpc) is 3.15. The Balaban J connectivity index is 0.00000220. The monoisotopic (exact) mass is 410 g/mol. The van der Waals surface area contributed by atoms with Crippen LogP contribution in [0.15, 0.2) is 4.99 Å². The van der Waals surface area contributed by atoms with Crippen molar-refractivity contribution in [3.05, 3.63) is 0 Å². The summed E-state index contributed by atoms with van der Waals surface area (Å²) in [6.07, 6.45) is 5.29. The minimum atomic E-state index is 0. The normalized spacial score (nSPS) is 19.0. The molecule has 0 aromatic carbocycles. The molecule has 1 aliphatic heterocycles. The maximum Gasteiger partial charge on any atom is 0.193 e. The van der Waals surface area contributed by atoms with E-state index in [9.17, 15) is 0 Å². The first-order chi connectivity index (χ1) is 9.85. The predicted molar refractivity (Wildman–Crippen MR) is 98.7 cm³/mol. The number of aliphatic imine (C=N–C) groups is 1. The molecule has 21 heavy (non-hydrogen) atoms. The minimum absolute atomic E-state index is 0. The first-order valence-corrected chi connectivity index (χ1v) is 8.11. The number of nitrogens with zero attached hydrogens (tertiary/aromatic N) is 3. The van der Waals surface area contributed by atoms with Gasteiger partial charge in [-0.3, -0.25) is 9.89 Å². The van der Waals surface area contributed by atoms with Gasteiger partial charge in [0.05, 0.1) is 13.2 Å². The van der Waals surface area contributed by atoms with Crippen LogP contribution in [0.5, 0.6) is 0 Å². The molecule has 1 N–H and O–H groups in total. The van der Waals surface area contributed by atoms with Crippen LogP contribution in [0.4, 0.5) is 0 Å². The molecule has 5 nitrogen and oxygen atoms in total. The largest absolute Gasteiger partial charge is 0.383 e. The summed E-state index contributed by atoms with van der Waals surface area (Å²) in [5.74, 6) is 1.10. The number of nitrogens with one attached hydrogen (secondary N) is 1. The molecule has 0 amide bonds. The number of ether oxygens (including phenoxy) is 1. The molecule has 1 saturated heterocycles. The van der Waals surface area contributed by atoms with Crippen LogP contribution < -0.4 is 5.32 Å². The summed E-state index contributed by atoms with van der Waals surface area (Å²) in [5, 5.41) is 3.42. The lowest BCUT2D eigenvalue weighted by atomic mass is 10.4. The number of likely N-dealkylation sites (tertiary alicyclic amines) is 1. The predicted octanol–water partition coefficient (Wildman–Crippen LogP) is 1.78. The van der Waals surface area contributed by atoms with Gasteiger partial charge in [0.1, 0.15) is 0 Å². The average molecular weight is 410 g/mol. The quantitative estimate of drug-likeness (QED) is 0.376. The van der Waals surface area contributed by atoms with Crippen molar-refractivity contribution in [1.29, 1.82) is 0 Å². The van der Waals surface area contributed by atoms with Crippen molar-refractivity contribution >= 4 is 29.9 Å². The molecule has 0 aromatic heterocycles. The summed E-state index contributed by atoms with van der Waals surface area (Å²) < 4.78 is 5.20. The lowest BCUT2D eigenvalue weighted by molar-refractivity contribution is 0.145. The van der Waals surface area contributed by atoms with Gasteiger partial charge in [-0.1, -0.05) is 0 Å². The highest BCUT2D eigenvalue weighted by molar-refractivity contribution is 14.0. The van der Waals surface area contributed by atoms with Gasteiger partial charge >= 0.3 is 0 Å². The molecule has 1 heterocycles. The number of hydrogen-bond donors (Lipinski definition) is 1. The number of halogens is 1. The van der Waals surface area contributed by atoms with Gasteiger partial charge in [-0.05, 0) is 32.6 Å². The van der Waals surface area contributed by atoms with Crippen LogP contribution in [0.25, 0.3) is 0 Å². The van der Waals surface area contributed by atoms with Gasteiger partial charge < -0.3 is 15.0 Å². The van der Waals surface area contributed by atoms with E-state index in [0.29, 0.717) is 0 Å². The summed E-state index contributed by atoms with van der Waals surface area (Å²) in [5.41, 5.74) is 0. The third-order valence-electron chi connectivity index (χ3n) is 4.04. The number of rotatable bonds is 8. The van der Waals surface area contributed by atoms with E-state index in [1.54, 1.807) is 7.11 Å². The molecule has 0 unspecified atom stereocenters. The fraction of sp³-hybridized carbons (Fsp3) is 0.933.